The Morgan fingerprint density at radius 2 is 2.31 bits per heavy atom. The molecule has 0 amide bonds. The lowest BCUT2D eigenvalue weighted by Gasteiger charge is -2.14. The summed E-state index contributed by atoms with van der Waals surface area (Å²) in [5.41, 5.74) is 9.07. The zero-order valence-corrected chi connectivity index (χ0v) is 7.80. The van der Waals surface area contributed by atoms with Crippen molar-refractivity contribution in [3.8, 4) is 0 Å². The number of nitrogen functional groups attached to an aromatic ring is 1. The van der Waals surface area contributed by atoms with Crippen molar-refractivity contribution >= 4 is 11.4 Å². The molecule has 1 aliphatic rings. The van der Waals surface area contributed by atoms with Gasteiger partial charge in [-0.3, -0.25) is 0 Å². The largest absolute Gasteiger partial charge is 0.397 e. The lowest BCUT2D eigenvalue weighted by molar-refractivity contribution is 0.651. The molecule has 0 saturated heterocycles. The van der Waals surface area contributed by atoms with Crippen LogP contribution in [0.5, 0.6) is 0 Å². The third-order valence-corrected chi connectivity index (χ3v) is 2.34. The van der Waals surface area contributed by atoms with Crippen molar-refractivity contribution in [3.05, 3.63) is 23.8 Å². The van der Waals surface area contributed by atoms with Crippen molar-refractivity contribution in [2.75, 3.05) is 17.6 Å². The van der Waals surface area contributed by atoms with Gasteiger partial charge in [-0.15, -0.1) is 0 Å². The average molecular weight is 177 g/mol. The number of benzene rings is 1. The van der Waals surface area contributed by atoms with Crippen LogP contribution in [0.2, 0.25) is 0 Å². The number of anilines is 2. The highest BCUT2D eigenvalue weighted by Gasteiger charge is 2.12. The standard InChI is InChI=1S/C10H15N3/c1-7-5-12-6-8-3-2-4-9(11)10(8)13-7/h2-4,7,12-13H,5-6,11H2,1H3/t7-/m0/s1. The van der Waals surface area contributed by atoms with Crippen LogP contribution in [0, 0.1) is 0 Å². The minimum Gasteiger partial charge on any atom is -0.397 e. The van der Waals surface area contributed by atoms with Gasteiger partial charge in [0.25, 0.3) is 0 Å². The quantitative estimate of drug-likeness (QED) is 0.521. The molecular weight excluding hydrogens is 162 g/mol. The van der Waals surface area contributed by atoms with Gasteiger partial charge in [-0.2, -0.15) is 0 Å². The van der Waals surface area contributed by atoms with Crippen molar-refractivity contribution in [2.45, 2.75) is 19.5 Å². The van der Waals surface area contributed by atoms with Crippen LogP contribution in [-0.2, 0) is 6.54 Å². The molecule has 3 heteroatoms. The molecule has 0 saturated carbocycles. The second-order valence-electron chi connectivity index (χ2n) is 3.56. The van der Waals surface area contributed by atoms with Crippen LogP contribution in [-0.4, -0.2) is 12.6 Å². The number of hydrogen-bond donors (Lipinski definition) is 3. The Hall–Kier alpha value is -1.22. The normalized spacial score (nSPS) is 21.5. The lowest BCUT2D eigenvalue weighted by Crippen LogP contribution is -2.26. The van der Waals surface area contributed by atoms with Crippen LogP contribution < -0.4 is 16.4 Å². The van der Waals surface area contributed by atoms with E-state index in [1.54, 1.807) is 0 Å². The fourth-order valence-electron chi connectivity index (χ4n) is 1.66. The van der Waals surface area contributed by atoms with Gasteiger partial charge in [0, 0.05) is 19.1 Å². The number of para-hydroxylation sites is 1. The van der Waals surface area contributed by atoms with E-state index in [4.69, 9.17) is 5.73 Å². The van der Waals surface area contributed by atoms with Crippen LogP contribution in [0.3, 0.4) is 0 Å². The summed E-state index contributed by atoms with van der Waals surface area (Å²) >= 11 is 0. The Bertz CT molecular complexity index is 309. The van der Waals surface area contributed by atoms with Crippen LogP contribution in [0.15, 0.2) is 18.2 Å². The highest BCUT2D eigenvalue weighted by molar-refractivity contribution is 5.70. The molecule has 0 bridgehead atoms. The Morgan fingerprint density at radius 3 is 3.15 bits per heavy atom. The number of rotatable bonds is 0. The van der Waals surface area contributed by atoms with E-state index in [1.165, 1.54) is 5.56 Å². The third kappa shape index (κ3) is 1.60. The number of nitrogens with two attached hydrogens (primary N) is 1. The number of nitrogens with one attached hydrogen (secondary N) is 2. The SMILES string of the molecule is C[C@H]1CNCc2cccc(N)c2N1. The van der Waals surface area contributed by atoms with Crippen molar-refractivity contribution in [1.82, 2.24) is 5.32 Å². The molecule has 0 radical (unpaired) electrons. The Labute approximate surface area is 78.3 Å². The summed E-state index contributed by atoms with van der Waals surface area (Å²) in [6.07, 6.45) is 0. The van der Waals surface area contributed by atoms with Gasteiger partial charge in [-0.05, 0) is 18.6 Å². The first-order chi connectivity index (χ1) is 6.27. The topological polar surface area (TPSA) is 50.1 Å². The fourth-order valence-corrected chi connectivity index (χ4v) is 1.66. The van der Waals surface area contributed by atoms with Gasteiger partial charge in [0.1, 0.15) is 0 Å². The predicted octanol–water partition coefficient (Wildman–Crippen LogP) is 1.17. The summed E-state index contributed by atoms with van der Waals surface area (Å²) in [6.45, 7) is 4.03. The summed E-state index contributed by atoms with van der Waals surface area (Å²) in [5.74, 6) is 0. The van der Waals surface area contributed by atoms with Gasteiger partial charge >= 0.3 is 0 Å². The molecule has 1 aromatic rings. The van der Waals surface area contributed by atoms with Crippen molar-refractivity contribution in [3.63, 3.8) is 0 Å². The van der Waals surface area contributed by atoms with E-state index in [1.807, 2.05) is 12.1 Å². The molecule has 13 heavy (non-hydrogen) atoms. The molecule has 3 nitrogen and oxygen atoms in total. The number of hydrogen-bond acceptors (Lipinski definition) is 3. The summed E-state index contributed by atoms with van der Waals surface area (Å²) in [5, 5.41) is 6.77. The van der Waals surface area contributed by atoms with Gasteiger partial charge in [-0.1, -0.05) is 12.1 Å². The second kappa shape index (κ2) is 3.26. The molecule has 0 fully saturated rings. The van der Waals surface area contributed by atoms with Crippen LogP contribution in [0.4, 0.5) is 11.4 Å². The minimum absolute atomic E-state index is 0.436. The molecule has 1 heterocycles. The molecule has 4 N–H and O–H groups in total. The maximum absolute atomic E-state index is 5.88. The lowest BCUT2D eigenvalue weighted by atomic mass is 10.1. The van der Waals surface area contributed by atoms with Gasteiger partial charge in [0.15, 0.2) is 0 Å². The number of fused-ring (bicyclic) bond motifs is 1. The average Bonchev–Trinajstić information content (AvgIpc) is 2.28. The Kier molecular flexibility index (Phi) is 2.10. The molecule has 0 unspecified atom stereocenters. The molecule has 0 aromatic heterocycles. The first kappa shape index (κ1) is 8.38. The van der Waals surface area contributed by atoms with Crippen molar-refractivity contribution in [1.29, 1.82) is 0 Å². The molecule has 2 rings (SSSR count). The first-order valence-electron chi connectivity index (χ1n) is 4.62. The Balaban J connectivity index is 2.40. The van der Waals surface area contributed by atoms with Gasteiger partial charge in [-0.25, -0.2) is 0 Å². The summed E-state index contributed by atoms with van der Waals surface area (Å²) in [7, 11) is 0. The summed E-state index contributed by atoms with van der Waals surface area (Å²) < 4.78 is 0. The predicted molar refractivity (Wildman–Crippen MR) is 55.6 cm³/mol. The molecule has 1 aliphatic heterocycles. The summed E-state index contributed by atoms with van der Waals surface area (Å²) in [4.78, 5) is 0. The third-order valence-electron chi connectivity index (χ3n) is 2.34. The zero-order valence-electron chi connectivity index (χ0n) is 7.80. The molecule has 0 spiro atoms. The molecule has 1 aromatic carbocycles. The van der Waals surface area contributed by atoms with Gasteiger partial charge < -0.3 is 16.4 Å². The van der Waals surface area contributed by atoms with Crippen molar-refractivity contribution < 1.29 is 0 Å². The monoisotopic (exact) mass is 177 g/mol. The maximum atomic E-state index is 5.88. The van der Waals surface area contributed by atoms with E-state index in [0.717, 1.165) is 24.5 Å². The van der Waals surface area contributed by atoms with Gasteiger partial charge in [0.05, 0.1) is 11.4 Å². The van der Waals surface area contributed by atoms with E-state index in [9.17, 15) is 0 Å². The van der Waals surface area contributed by atoms with E-state index in [2.05, 4.69) is 23.6 Å². The fraction of sp³-hybridized carbons (Fsp3) is 0.400. The summed E-state index contributed by atoms with van der Waals surface area (Å²) in [6, 6.07) is 6.46. The Morgan fingerprint density at radius 1 is 1.46 bits per heavy atom. The molecule has 70 valence electrons. The smallest absolute Gasteiger partial charge is 0.0622 e. The molecule has 0 aliphatic carbocycles. The van der Waals surface area contributed by atoms with Crippen LogP contribution >= 0.6 is 0 Å². The van der Waals surface area contributed by atoms with Crippen molar-refractivity contribution in [2.24, 2.45) is 0 Å². The molecule has 1 atom stereocenters. The molecular formula is C10H15N3. The highest BCUT2D eigenvalue weighted by Crippen LogP contribution is 2.25. The van der Waals surface area contributed by atoms with Crippen LogP contribution in [0.1, 0.15) is 12.5 Å². The maximum Gasteiger partial charge on any atom is 0.0622 e. The minimum atomic E-state index is 0.436. The van der Waals surface area contributed by atoms with Gasteiger partial charge in [0.2, 0.25) is 0 Å². The van der Waals surface area contributed by atoms with E-state index in [-0.39, 0.29) is 0 Å². The second-order valence-corrected chi connectivity index (χ2v) is 3.56. The zero-order chi connectivity index (χ0) is 9.26. The first-order valence-corrected chi connectivity index (χ1v) is 4.62. The van der Waals surface area contributed by atoms with Crippen LogP contribution in [0.25, 0.3) is 0 Å². The van der Waals surface area contributed by atoms with E-state index >= 15 is 0 Å². The van der Waals surface area contributed by atoms with E-state index in [0.29, 0.717) is 6.04 Å². The highest BCUT2D eigenvalue weighted by atomic mass is 15.0. The van der Waals surface area contributed by atoms with E-state index < -0.39 is 0 Å².